The van der Waals surface area contributed by atoms with Crippen molar-refractivity contribution in [2.45, 2.75) is 58.8 Å². The molecule has 4 nitrogen and oxygen atoms in total. The highest BCUT2D eigenvalue weighted by Gasteiger charge is 2.24. The first-order valence-corrected chi connectivity index (χ1v) is 12.7. The zero-order valence-corrected chi connectivity index (χ0v) is 21.4. The Hall–Kier alpha value is -3.24. The summed E-state index contributed by atoms with van der Waals surface area (Å²) in [6.07, 6.45) is 3.27. The molecule has 4 aromatic rings. The van der Waals surface area contributed by atoms with E-state index in [0.717, 1.165) is 58.2 Å². The first-order chi connectivity index (χ1) is 16.8. The van der Waals surface area contributed by atoms with Crippen molar-refractivity contribution in [3.05, 3.63) is 81.9 Å². The number of anilines is 2. The van der Waals surface area contributed by atoms with Crippen LogP contribution in [-0.2, 0) is 12.8 Å². The normalized spacial score (nSPS) is 13.0. The molecule has 2 amide bonds. The number of nitrogens with one attached hydrogen (secondary N) is 2. The molecule has 1 heterocycles. The van der Waals surface area contributed by atoms with Crippen molar-refractivity contribution in [1.29, 1.82) is 0 Å². The zero-order valence-electron chi connectivity index (χ0n) is 20.7. The second-order valence-corrected chi connectivity index (χ2v) is 10.4. The van der Waals surface area contributed by atoms with Crippen molar-refractivity contribution in [1.82, 2.24) is 0 Å². The van der Waals surface area contributed by atoms with Crippen molar-refractivity contribution in [3.8, 4) is 11.1 Å². The fourth-order valence-electron chi connectivity index (χ4n) is 5.13. The molecule has 0 radical (unpaired) electrons. The molecule has 1 aliphatic rings. The smallest absolute Gasteiger partial charge is 0.326 e. The van der Waals surface area contributed by atoms with Crippen LogP contribution in [0, 0.1) is 0 Å². The van der Waals surface area contributed by atoms with Crippen LogP contribution in [0.1, 0.15) is 68.2 Å². The molecule has 1 aliphatic carbocycles. The Kier molecular flexibility index (Phi) is 6.33. The average molecular weight is 487 g/mol. The summed E-state index contributed by atoms with van der Waals surface area (Å²) in [5.41, 5.74) is 8.17. The van der Waals surface area contributed by atoms with Gasteiger partial charge in [0.05, 0.1) is 5.56 Å². The van der Waals surface area contributed by atoms with Gasteiger partial charge in [-0.25, -0.2) is 4.79 Å². The number of aryl methyl sites for hydroxylation is 2. The second kappa shape index (κ2) is 9.43. The predicted molar refractivity (Wildman–Crippen MR) is 146 cm³/mol. The molecule has 0 unspecified atom stereocenters. The third kappa shape index (κ3) is 4.43. The molecule has 2 N–H and O–H groups in total. The van der Waals surface area contributed by atoms with E-state index in [1.165, 1.54) is 11.1 Å². The van der Waals surface area contributed by atoms with Crippen molar-refractivity contribution in [2.24, 2.45) is 0 Å². The minimum Gasteiger partial charge on any atom is -0.440 e. The molecule has 0 saturated carbocycles. The quantitative estimate of drug-likeness (QED) is 0.295. The average Bonchev–Trinajstić information content (AvgIpc) is 3.40. The van der Waals surface area contributed by atoms with Crippen LogP contribution in [0.25, 0.3) is 22.1 Å². The number of furan rings is 1. The molecule has 5 heteroatoms. The van der Waals surface area contributed by atoms with Crippen LogP contribution in [0.15, 0.2) is 59.0 Å². The molecule has 0 spiro atoms. The number of halogens is 1. The lowest BCUT2D eigenvalue weighted by atomic mass is 9.93. The lowest BCUT2D eigenvalue weighted by Crippen LogP contribution is -2.21. The van der Waals surface area contributed by atoms with Crippen molar-refractivity contribution in [2.75, 3.05) is 10.6 Å². The van der Waals surface area contributed by atoms with Gasteiger partial charge in [0, 0.05) is 21.7 Å². The number of para-hydroxylation sites is 1. The van der Waals surface area contributed by atoms with Gasteiger partial charge < -0.3 is 9.73 Å². The largest absolute Gasteiger partial charge is 0.440 e. The van der Waals surface area contributed by atoms with Gasteiger partial charge >= 0.3 is 6.03 Å². The first-order valence-electron chi connectivity index (χ1n) is 12.4. The minimum absolute atomic E-state index is 0.274. The van der Waals surface area contributed by atoms with Gasteiger partial charge in [0.2, 0.25) is 5.88 Å². The van der Waals surface area contributed by atoms with Gasteiger partial charge in [-0.2, -0.15) is 0 Å². The molecule has 0 fully saturated rings. The molecule has 0 atom stereocenters. The molecule has 5 rings (SSSR count). The van der Waals surface area contributed by atoms with Gasteiger partial charge in [-0.3, -0.25) is 5.32 Å². The number of urea groups is 1. The van der Waals surface area contributed by atoms with E-state index in [-0.39, 0.29) is 17.9 Å². The van der Waals surface area contributed by atoms with E-state index >= 15 is 0 Å². The molecular weight excluding hydrogens is 456 g/mol. The van der Waals surface area contributed by atoms with E-state index in [2.05, 4.69) is 68.7 Å². The number of fused-ring (bicyclic) bond motifs is 2. The number of carbonyl (C=O) groups excluding carboxylic acids is 1. The monoisotopic (exact) mass is 486 g/mol. The lowest BCUT2D eigenvalue weighted by molar-refractivity contribution is 0.261. The van der Waals surface area contributed by atoms with Crippen LogP contribution < -0.4 is 10.6 Å². The summed E-state index contributed by atoms with van der Waals surface area (Å²) in [6, 6.07) is 17.9. The molecule has 0 aliphatic heterocycles. The number of benzene rings is 3. The van der Waals surface area contributed by atoms with Gasteiger partial charge in [-0.15, -0.1) is 0 Å². The summed E-state index contributed by atoms with van der Waals surface area (Å²) >= 11 is 6.61. The summed E-state index contributed by atoms with van der Waals surface area (Å²) in [6.45, 7) is 8.54. The zero-order chi connectivity index (χ0) is 24.7. The van der Waals surface area contributed by atoms with Crippen LogP contribution in [0.5, 0.6) is 0 Å². The lowest BCUT2D eigenvalue weighted by Gasteiger charge is -2.20. The number of carbonyl (C=O) groups is 1. The SMILES string of the molecule is CC(C)c1cccc(C(C)C)c1NC(=O)Nc1oc2cc3c(cc2c1-c1ccccc1Cl)CCC3. The van der Waals surface area contributed by atoms with Crippen molar-refractivity contribution in [3.63, 3.8) is 0 Å². The third-order valence-electron chi connectivity index (χ3n) is 6.88. The summed E-state index contributed by atoms with van der Waals surface area (Å²) in [5.74, 6) is 0.954. The van der Waals surface area contributed by atoms with Crippen LogP contribution in [-0.4, -0.2) is 6.03 Å². The highest BCUT2D eigenvalue weighted by atomic mass is 35.5. The van der Waals surface area contributed by atoms with Crippen LogP contribution in [0.4, 0.5) is 16.4 Å². The Bertz CT molecular complexity index is 1390. The summed E-state index contributed by atoms with van der Waals surface area (Å²) in [7, 11) is 0. The summed E-state index contributed by atoms with van der Waals surface area (Å²) in [4.78, 5) is 13.4. The highest BCUT2D eigenvalue weighted by molar-refractivity contribution is 6.34. The summed E-state index contributed by atoms with van der Waals surface area (Å²) < 4.78 is 6.27. The number of hydrogen-bond acceptors (Lipinski definition) is 2. The van der Waals surface area contributed by atoms with Gasteiger partial charge in [-0.05, 0) is 71.6 Å². The van der Waals surface area contributed by atoms with Gasteiger partial charge in [0.15, 0.2) is 0 Å². The van der Waals surface area contributed by atoms with Crippen LogP contribution >= 0.6 is 11.6 Å². The fourth-order valence-corrected chi connectivity index (χ4v) is 5.36. The van der Waals surface area contributed by atoms with E-state index in [4.69, 9.17) is 16.0 Å². The molecule has 3 aromatic carbocycles. The first kappa shape index (κ1) is 23.5. The van der Waals surface area contributed by atoms with E-state index < -0.39 is 0 Å². The third-order valence-corrected chi connectivity index (χ3v) is 7.21. The number of hydrogen-bond donors (Lipinski definition) is 2. The number of amides is 2. The Labute approximate surface area is 211 Å². The molecule has 180 valence electrons. The van der Waals surface area contributed by atoms with Gasteiger partial charge in [-0.1, -0.05) is 75.7 Å². The van der Waals surface area contributed by atoms with Crippen LogP contribution in [0.3, 0.4) is 0 Å². The maximum atomic E-state index is 13.4. The molecule has 0 saturated heterocycles. The Balaban J connectivity index is 1.57. The summed E-state index contributed by atoms with van der Waals surface area (Å²) in [5, 5.41) is 7.72. The molecular formula is C30H31ClN2O2. The minimum atomic E-state index is -0.333. The maximum absolute atomic E-state index is 13.4. The molecule has 0 bridgehead atoms. The van der Waals surface area contributed by atoms with Gasteiger partial charge in [0.25, 0.3) is 0 Å². The second-order valence-electron chi connectivity index (χ2n) is 9.96. The van der Waals surface area contributed by atoms with Crippen molar-refractivity contribution >= 4 is 40.2 Å². The van der Waals surface area contributed by atoms with Crippen LogP contribution in [0.2, 0.25) is 5.02 Å². The standard InChI is InChI=1S/C30H31ClN2O2/c1-17(2)21-12-8-13-22(18(3)4)28(21)32-30(34)33-29-27(23-11-5-6-14-25(23)31)24-15-19-9-7-10-20(19)16-26(24)35-29/h5-6,8,11-18H,7,9-10H2,1-4H3,(H2,32,33,34). The highest BCUT2D eigenvalue weighted by Crippen LogP contribution is 2.43. The maximum Gasteiger partial charge on any atom is 0.326 e. The fraction of sp³-hybridized carbons (Fsp3) is 0.300. The Morgan fingerprint density at radius 2 is 1.54 bits per heavy atom. The van der Waals surface area contributed by atoms with Gasteiger partial charge in [0.1, 0.15) is 5.58 Å². The number of rotatable bonds is 5. The predicted octanol–water partition coefficient (Wildman–Crippen LogP) is 9.13. The van der Waals surface area contributed by atoms with E-state index in [9.17, 15) is 4.79 Å². The van der Waals surface area contributed by atoms with E-state index in [1.807, 2.05) is 24.3 Å². The van der Waals surface area contributed by atoms with Crippen molar-refractivity contribution < 1.29 is 9.21 Å². The van der Waals surface area contributed by atoms with E-state index in [1.54, 1.807) is 0 Å². The molecule has 35 heavy (non-hydrogen) atoms. The topological polar surface area (TPSA) is 54.3 Å². The Morgan fingerprint density at radius 3 is 2.20 bits per heavy atom. The Morgan fingerprint density at radius 1 is 0.886 bits per heavy atom. The molecule has 1 aromatic heterocycles. The van der Waals surface area contributed by atoms with E-state index in [0.29, 0.717) is 10.9 Å².